The molecule has 1 aromatic rings. The van der Waals surface area contributed by atoms with Crippen LogP contribution in [0.5, 0.6) is 0 Å². The van der Waals surface area contributed by atoms with E-state index in [4.69, 9.17) is 5.73 Å². The van der Waals surface area contributed by atoms with Crippen molar-refractivity contribution < 1.29 is 4.79 Å². The van der Waals surface area contributed by atoms with Crippen LogP contribution in [0.25, 0.3) is 0 Å². The van der Waals surface area contributed by atoms with Crippen molar-refractivity contribution >= 4 is 17.3 Å². The van der Waals surface area contributed by atoms with Crippen LogP contribution in [0.1, 0.15) is 44.1 Å². The number of nitrogens with zero attached hydrogens (tertiary/aromatic N) is 1. The second-order valence-electron chi connectivity index (χ2n) is 7.13. The van der Waals surface area contributed by atoms with Crippen LogP contribution in [0.15, 0.2) is 18.2 Å². The summed E-state index contributed by atoms with van der Waals surface area (Å²) in [6.07, 6.45) is 8.19. The number of carbonyl (C=O) groups excluding carboxylic acids is 1. The van der Waals surface area contributed by atoms with Gasteiger partial charge in [-0.1, -0.05) is 12.5 Å². The Labute approximate surface area is 126 Å². The van der Waals surface area contributed by atoms with Gasteiger partial charge in [0.25, 0.3) is 0 Å². The third-order valence-corrected chi connectivity index (χ3v) is 5.91. The number of hydrogen-bond acceptors (Lipinski definition) is 2. The fraction of sp³-hybridized carbons (Fsp3) is 0.611. The van der Waals surface area contributed by atoms with E-state index in [-0.39, 0.29) is 0 Å². The molecule has 3 nitrogen and oxygen atoms in total. The molecule has 1 aliphatic heterocycles. The first-order valence-electron chi connectivity index (χ1n) is 8.40. The highest BCUT2D eigenvalue weighted by Gasteiger charge is 2.41. The van der Waals surface area contributed by atoms with Gasteiger partial charge < -0.3 is 10.6 Å². The molecule has 2 bridgehead atoms. The van der Waals surface area contributed by atoms with E-state index in [2.05, 4.69) is 6.07 Å². The van der Waals surface area contributed by atoms with Gasteiger partial charge in [0.2, 0.25) is 5.91 Å². The highest BCUT2D eigenvalue weighted by molar-refractivity contribution is 5.95. The van der Waals surface area contributed by atoms with Gasteiger partial charge in [-0.05, 0) is 67.6 Å². The van der Waals surface area contributed by atoms with E-state index in [0.29, 0.717) is 11.8 Å². The molecule has 2 N–H and O–H groups in total. The third-order valence-electron chi connectivity index (χ3n) is 5.91. The van der Waals surface area contributed by atoms with Crippen molar-refractivity contribution in [3.8, 4) is 0 Å². The fourth-order valence-electron chi connectivity index (χ4n) is 4.87. The summed E-state index contributed by atoms with van der Waals surface area (Å²) >= 11 is 0. The average Bonchev–Trinajstić information content (AvgIpc) is 3.10. The molecule has 2 aliphatic carbocycles. The Hall–Kier alpha value is -1.51. The number of amides is 1. The second kappa shape index (κ2) is 5.04. The van der Waals surface area contributed by atoms with Crippen molar-refractivity contribution in [3.05, 3.63) is 23.8 Å². The highest BCUT2D eigenvalue weighted by atomic mass is 16.2. The molecule has 0 saturated heterocycles. The zero-order valence-electron chi connectivity index (χ0n) is 12.6. The summed E-state index contributed by atoms with van der Waals surface area (Å²) in [5, 5.41) is 0. The van der Waals surface area contributed by atoms with Gasteiger partial charge in [-0.25, -0.2) is 0 Å². The predicted octanol–water partition coefficient (Wildman–Crippen LogP) is 3.37. The number of rotatable bonds is 2. The molecule has 3 unspecified atom stereocenters. The molecule has 4 rings (SSSR count). The van der Waals surface area contributed by atoms with Crippen LogP contribution in [0, 0.1) is 17.8 Å². The third kappa shape index (κ3) is 2.23. The molecule has 3 aliphatic rings. The minimum Gasteiger partial charge on any atom is -0.398 e. The Balaban J connectivity index is 1.52. The van der Waals surface area contributed by atoms with Gasteiger partial charge in [0.05, 0.1) is 0 Å². The van der Waals surface area contributed by atoms with Gasteiger partial charge in [-0.2, -0.15) is 0 Å². The molecule has 1 heterocycles. The van der Waals surface area contributed by atoms with Gasteiger partial charge in [0.1, 0.15) is 0 Å². The summed E-state index contributed by atoms with van der Waals surface area (Å²) in [6, 6.07) is 5.98. The molecular weight excluding hydrogens is 260 g/mol. The van der Waals surface area contributed by atoms with Gasteiger partial charge >= 0.3 is 0 Å². The lowest BCUT2D eigenvalue weighted by Gasteiger charge is -2.32. The van der Waals surface area contributed by atoms with Crippen LogP contribution in [-0.4, -0.2) is 12.5 Å². The van der Waals surface area contributed by atoms with Crippen molar-refractivity contribution in [2.24, 2.45) is 17.8 Å². The van der Waals surface area contributed by atoms with E-state index in [0.717, 1.165) is 49.0 Å². The van der Waals surface area contributed by atoms with E-state index in [9.17, 15) is 4.79 Å². The van der Waals surface area contributed by atoms with Crippen LogP contribution < -0.4 is 10.6 Å². The maximum atomic E-state index is 12.8. The normalized spacial score (nSPS) is 30.5. The standard InChI is InChI=1S/C18H24N2O/c19-16-4-1-5-17-15(16)3-2-8-20(17)18(21)11-14-10-12-6-7-13(14)9-12/h1,4-5,12-14H,2-3,6-11,19H2. The van der Waals surface area contributed by atoms with Crippen LogP contribution in [-0.2, 0) is 11.2 Å². The van der Waals surface area contributed by atoms with Crippen molar-refractivity contribution in [2.45, 2.75) is 44.9 Å². The maximum Gasteiger partial charge on any atom is 0.227 e. The van der Waals surface area contributed by atoms with E-state index >= 15 is 0 Å². The van der Waals surface area contributed by atoms with E-state index in [1.165, 1.54) is 31.2 Å². The number of benzene rings is 1. The van der Waals surface area contributed by atoms with Crippen molar-refractivity contribution in [1.29, 1.82) is 0 Å². The summed E-state index contributed by atoms with van der Waals surface area (Å²) in [7, 11) is 0. The predicted molar refractivity (Wildman–Crippen MR) is 85.1 cm³/mol. The lowest BCUT2D eigenvalue weighted by atomic mass is 9.86. The molecule has 0 aromatic heterocycles. The van der Waals surface area contributed by atoms with Gasteiger partial charge in [0.15, 0.2) is 0 Å². The molecule has 0 spiro atoms. The quantitative estimate of drug-likeness (QED) is 0.846. The minimum atomic E-state index is 0.319. The van der Waals surface area contributed by atoms with E-state index in [1.807, 2.05) is 17.0 Å². The van der Waals surface area contributed by atoms with Crippen LogP contribution >= 0.6 is 0 Å². The Kier molecular flexibility index (Phi) is 3.16. The molecule has 3 atom stereocenters. The van der Waals surface area contributed by atoms with E-state index in [1.54, 1.807) is 0 Å². The molecule has 2 fully saturated rings. The summed E-state index contributed by atoms with van der Waals surface area (Å²) in [5.41, 5.74) is 9.15. The largest absolute Gasteiger partial charge is 0.398 e. The Morgan fingerprint density at radius 1 is 1.29 bits per heavy atom. The molecule has 0 radical (unpaired) electrons. The fourth-order valence-corrected chi connectivity index (χ4v) is 4.87. The number of anilines is 2. The average molecular weight is 284 g/mol. The first kappa shape index (κ1) is 13.2. The van der Waals surface area contributed by atoms with Gasteiger partial charge in [-0.3, -0.25) is 4.79 Å². The zero-order chi connectivity index (χ0) is 14.4. The first-order valence-corrected chi connectivity index (χ1v) is 8.40. The second-order valence-corrected chi connectivity index (χ2v) is 7.13. The number of carbonyl (C=O) groups is 1. The summed E-state index contributed by atoms with van der Waals surface area (Å²) < 4.78 is 0. The SMILES string of the molecule is Nc1cccc2c1CCCN2C(=O)CC1CC2CCC1C2. The minimum absolute atomic E-state index is 0.319. The summed E-state index contributed by atoms with van der Waals surface area (Å²) in [6.45, 7) is 0.857. The molecule has 2 saturated carbocycles. The highest BCUT2D eigenvalue weighted by Crippen LogP contribution is 2.49. The smallest absolute Gasteiger partial charge is 0.227 e. The van der Waals surface area contributed by atoms with Crippen molar-refractivity contribution in [1.82, 2.24) is 0 Å². The van der Waals surface area contributed by atoms with Crippen molar-refractivity contribution in [3.63, 3.8) is 0 Å². The summed E-state index contributed by atoms with van der Waals surface area (Å²) in [5.74, 6) is 2.70. The van der Waals surface area contributed by atoms with Gasteiger partial charge in [0, 0.05) is 24.3 Å². The first-order chi connectivity index (χ1) is 10.2. The molecule has 1 aromatic carbocycles. The maximum absolute atomic E-state index is 12.8. The zero-order valence-corrected chi connectivity index (χ0v) is 12.6. The topological polar surface area (TPSA) is 46.3 Å². The number of nitrogens with two attached hydrogens (primary N) is 1. The van der Waals surface area contributed by atoms with Crippen LogP contribution in [0.4, 0.5) is 11.4 Å². The Bertz CT molecular complexity index is 568. The number of fused-ring (bicyclic) bond motifs is 3. The Morgan fingerprint density at radius 3 is 2.95 bits per heavy atom. The molecule has 112 valence electrons. The number of nitrogen functional groups attached to an aromatic ring is 1. The van der Waals surface area contributed by atoms with Crippen molar-refractivity contribution in [2.75, 3.05) is 17.2 Å². The summed E-state index contributed by atoms with van der Waals surface area (Å²) in [4.78, 5) is 14.8. The lowest BCUT2D eigenvalue weighted by Crippen LogP contribution is -2.37. The molecular formula is C18H24N2O. The van der Waals surface area contributed by atoms with Crippen LogP contribution in [0.2, 0.25) is 0 Å². The molecule has 3 heteroatoms. The van der Waals surface area contributed by atoms with Crippen LogP contribution in [0.3, 0.4) is 0 Å². The molecule has 21 heavy (non-hydrogen) atoms. The van der Waals surface area contributed by atoms with E-state index < -0.39 is 0 Å². The molecule has 1 amide bonds. The van der Waals surface area contributed by atoms with Gasteiger partial charge in [-0.15, -0.1) is 0 Å². The lowest BCUT2D eigenvalue weighted by molar-refractivity contribution is -0.120. The Morgan fingerprint density at radius 2 is 2.19 bits per heavy atom. The monoisotopic (exact) mass is 284 g/mol. The number of hydrogen-bond donors (Lipinski definition) is 1.